The summed E-state index contributed by atoms with van der Waals surface area (Å²) in [6, 6.07) is 14.2. The maximum absolute atomic E-state index is 12.4. The summed E-state index contributed by atoms with van der Waals surface area (Å²) < 4.78 is 10.7. The second-order valence-electron chi connectivity index (χ2n) is 6.15. The Labute approximate surface area is 160 Å². The largest absolute Gasteiger partial charge is 0.493 e. The van der Waals surface area contributed by atoms with Gasteiger partial charge in [-0.15, -0.1) is 11.8 Å². The van der Waals surface area contributed by atoms with Crippen molar-refractivity contribution < 1.29 is 14.3 Å². The second kappa shape index (κ2) is 10.1. The molecule has 0 fully saturated rings. The van der Waals surface area contributed by atoms with Crippen LogP contribution in [-0.4, -0.2) is 37.8 Å². The number of aryl methyl sites for hydroxylation is 1. The van der Waals surface area contributed by atoms with Gasteiger partial charge in [0.25, 0.3) is 0 Å². The molecule has 0 N–H and O–H groups in total. The van der Waals surface area contributed by atoms with Crippen LogP contribution in [0.3, 0.4) is 0 Å². The van der Waals surface area contributed by atoms with Crippen LogP contribution in [0.15, 0.2) is 47.4 Å². The molecule has 0 atom stereocenters. The van der Waals surface area contributed by atoms with Gasteiger partial charge in [0, 0.05) is 24.9 Å². The number of thioether (sulfide) groups is 1. The van der Waals surface area contributed by atoms with Crippen molar-refractivity contribution in [3.8, 4) is 11.5 Å². The van der Waals surface area contributed by atoms with E-state index >= 15 is 0 Å². The Morgan fingerprint density at radius 3 is 2.38 bits per heavy atom. The molecule has 0 bridgehead atoms. The van der Waals surface area contributed by atoms with E-state index in [0.717, 1.165) is 23.3 Å². The molecule has 0 spiro atoms. The number of ether oxygens (including phenoxy) is 2. The fourth-order valence-corrected chi connectivity index (χ4v) is 3.53. The molecule has 0 aliphatic carbocycles. The van der Waals surface area contributed by atoms with Crippen molar-refractivity contribution in [1.82, 2.24) is 4.90 Å². The third-order valence-corrected chi connectivity index (χ3v) is 5.32. The molecule has 4 nitrogen and oxygen atoms in total. The quantitative estimate of drug-likeness (QED) is 0.478. The summed E-state index contributed by atoms with van der Waals surface area (Å²) in [7, 11) is 5.10. The number of carbonyl (C=O) groups is 1. The zero-order valence-electron chi connectivity index (χ0n) is 16.0. The predicted octanol–water partition coefficient (Wildman–Crippen LogP) is 4.54. The summed E-state index contributed by atoms with van der Waals surface area (Å²) in [5.74, 6) is 2.50. The van der Waals surface area contributed by atoms with Gasteiger partial charge in [-0.25, -0.2) is 0 Å². The van der Waals surface area contributed by atoms with E-state index in [4.69, 9.17) is 9.47 Å². The van der Waals surface area contributed by atoms with Gasteiger partial charge in [-0.1, -0.05) is 18.2 Å². The first-order valence-corrected chi connectivity index (χ1v) is 9.67. The Morgan fingerprint density at radius 2 is 1.73 bits per heavy atom. The molecule has 2 rings (SSSR count). The predicted molar refractivity (Wildman–Crippen MR) is 107 cm³/mol. The highest BCUT2D eigenvalue weighted by Crippen LogP contribution is 2.30. The average Bonchev–Trinajstić information content (AvgIpc) is 2.66. The first kappa shape index (κ1) is 20.2. The summed E-state index contributed by atoms with van der Waals surface area (Å²) >= 11 is 1.79. The standard InChI is InChI=1S/C21H27NO3S/c1-16-13-19(24-3)20(25-4)14-17(16)15-22(2)21(23)11-8-12-26-18-9-6-5-7-10-18/h5-7,9-10,13-14H,8,11-12,15H2,1-4H3. The smallest absolute Gasteiger partial charge is 0.222 e. The summed E-state index contributed by atoms with van der Waals surface area (Å²) in [6.07, 6.45) is 1.43. The normalized spacial score (nSPS) is 10.5. The van der Waals surface area contributed by atoms with Gasteiger partial charge in [0.2, 0.25) is 5.91 Å². The van der Waals surface area contributed by atoms with Gasteiger partial charge >= 0.3 is 0 Å². The minimum absolute atomic E-state index is 0.160. The van der Waals surface area contributed by atoms with Gasteiger partial charge in [0.1, 0.15) is 0 Å². The number of hydrogen-bond acceptors (Lipinski definition) is 4. The first-order chi connectivity index (χ1) is 12.5. The van der Waals surface area contributed by atoms with Crippen LogP contribution in [0.1, 0.15) is 24.0 Å². The minimum atomic E-state index is 0.160. The van der Waals surface area contributed by atoms with E-state index in [1.54, 1.807) is 30.9 Å². The molecule has 0 aromatic heterocycles. The van der Waals surface area contributed by atoms with Crippen molar-refractivity contribution in [2.24, 2.45) is 0 Å². The molecule has 0 unspecified atom stereocenters. The van der Waals surface area contributed by atoms with Crippen LogP contribution in [0, 0.1) is 6.92 Å². The zero-order valence-corrected chi connectivity index (χ0v) is 16.8. The SMILES string of the molecule is COc1cc(C)c(CN(C)C(=O)CCCSc2ccccc2)cc1OC. The highest BCUT2D eigenvalue weighted by molar-refractivity contribution is 7.99. The number of methoxy groups -OCH3 is 2. The van der Waals surface area contributed by atoms with Crippen molar-refractivity contribution >= 4 is 17.7 Å². The molecule has 0 saturated carbocycles. The lowest BCUT2D eigenvalue weighted by Crippen LogP contribution is -2.26. The van der Waals surface area contributed by atoms with Gasteiger partial charge in [0.05, 0.1) is 14.2 Å². The third-order valence-electron chi connectivity index (χ3n) is 4.22. The van der Waals surface area contributed by atoms with Crippen LogP contribution in [0.4, 0.5) is 0 Å². The van der Waals surface area contributed by atoms with Crippen molar-refractivity contribution in [2.45, 2.75) is 31.2 Å². The Balaban J connectivity index is 1.85. The van der Waals surface area contributed by atoms with Crippen molar-refractivity contribution in [1.29, 1.82) is 0 Å². The molecule has 1 amide bonds. The lowest BCUT2D eigenvalue weighted by Gasteiger charge is -2.20. The Hall–Kier alpha value is -2.14. The molecule has 0 aliphatic heterocycles. The molecular formula is C21H27NO3S. The molecule has 2 aromatic rings. The summed E-state index contributed by atoms with van der Waals surface area (Å²) in [5.41, 5.74) is 2.15. The van der Waals surface area contributed by atoms with Gasteiger partial charge in [-0.05, 0) is 54.5 Å². The van der Waals surface area contributed by atoms with Crippen LogP contribution < -0.4 is 9.47 Å². The second-order valence-corrected chi connectivity index (χ2v) is 7.32. The topological polar surface area (TPSA) is 38.8 Å². The Kier molecular flexibility index (Phi) is 7.85. The van der Waals surface area contributed by atoms with Crippen LogP contribution >= 0.6 is 11.8 Å². The summed E-state index contributed by atoms with van der Waals surface area (Å²) in [4.78, 5) is 15.4. The number of benzene rings is 2. The van der Waals surface area contributed by atoms with E-state index in [1.165, 1.54) is 4.90 Å². The Bertz CT molecular complexity index is 719. The zero-order chi connectivity index (χ0) is 18.9. The number of rotatable bonds is 9. The van der Waals surface area contributed by atoms with E-state index in [-0.39, 0.29) is 5.91 Å². The van der Waals surface area contributed by atoms with Crippen molar-refractivity contribution in [3.05, 3.63) is 53.6 Å². The number of hydrogen-bond donors (Lipinski definition) is 0. The van der Waals surface area contributed by atoms with Gasteiger partial charge < -0.3 is 14.4 Å². The lowest BCUT2D eigenvalue weighted by molar-refractivity contribution is -0.130. The maximum Gasteiger partial charge on any atom is 0.222 e. The maximum atomic E-state index is 12.4. The summed E-state index contributed by atoms with van der Waals surface area (Å²) in [5, 5.41) is 0. The fourth-order valence-electron chi connectivity index (χ4n) is 2.66. The molecule has 140 valence electrons. The van der Waals surface area contributed by atoms with Gasteiger partial charge in [0.15, 0.2) is 11.5 Å². The van der Waals surface area contributed by atoms with Crippen LogP contribution in [0.25, 0.3) is 0 Å². The molecule has 26 heavy (non-hydrogen) atoms. The van der Waals surface area contributed by atoms with E-state index in [1.807, 2.05) is 44.3 Å². The molecule has 0 aliphatic rings. The number of carbonyl (C=O) groups excluding carboxylic acids is 1. The van der Waals surface area contributed by atoms with Gasteiger partial charge in [-0.3, -0.25) is 4.79 Å². The van der Waals surface area contributed by atoms with Gasteiger partial charge in [-0.2, -0.15) is 0 Å². The van der Waals surface area contributed by atoms with Crippen LogP contribution in [0.2, 0.25) is 0 Å². The fraction of sp³-hybridized carbons (Fsp3) is 0.381. The number of amides is 1. The van der Waals surface area contributed by atoms with E-state index in [0.29, 0.717) is 24.5 Å². The monoisotopic (exact) mass is 373 g/mol. The first-order valence-electron chi connectivity index (χ1n) is 8.68. The highest BCUT2D eigenvalue weighted by atomic mass is 32.2. The molecule has 0 heterocycles. The van der Waals surface area contributed by atoms with E-state index in [2.05, 4.69) is 12.1 Å². The molecule has 5 heteroatoms. The highest BCUT2D eigenvalue weighted by Gasteiger charge is 2.13. The van der Waals surface area contributed by atoms with Crippen LogP contribution in [0.5, 0.6) is 11.5 Å². The van der Waals surface area contributed by atoms with E-state index < -0.39 is 0 Å². The van der Waals surface area contributed by atoms with Crippen molar-refractivity contribution in [3.63, 3.8) is 0 Å². The molecule has 0 radical (unpaired) electrons. The third kappa shape index (κ3) is 5.70. The van der Waals surface area contributed by atoms with Crippen LogP contribution in [-0.2, 0) is 11.3 Å². The number of nitrogens with zero attached hydrogens (tertiary/aromatic N) is 1. The summed E-state index contributed by atoms with van der Waals surface area (Å²) in [6.45, 7) is 2.59. The van der Waals surface area contributed by atoms with E-state index in [9.17, 15) is 4.79 Å². The molecule has 0 saturated heterocycles. The molecule has 2 aromatic carbocycles. The average molecular weight is 374 g/mol. The minimum Gasteiger partial charge on any atom is -0.493 e. The lowest BCUT2D eigenvalue weighted by atomic mass is 10.1. The molecular weight excluding hydrogens is 346 g/mol. The van der Waals surface area contributed by atoms with Crippen molar-refractivity contribution in [2.75, 3.05) is 27.0 Å². The Morgan fingerprint density at radius 1 is 1.08 bits per heavy atom.